The van der Waals surface area contributed by atoms with Crippen LogP contribution in [-0.4, -0.2) is 4.57 Å². The van der Waals surface area contributed by atoms with Crippen molar-refractivity contribution in [1.82, 2.24) is 4.57 Å². The van der Waals surface area contributed by atoms with Crippen molar-refractivity contribution in [3.63, 3.8) is 0 Å². The maximum Gasteiger partial charge on any atom is 0.0537 e. The Balaban J connectivity index is 2.06. The van der Waals surface area contributed by atoms with Gasteiger partial charge in [-0.2, -0.15) is 0 Å². The van der Waals surface area contributed by atoms with E-state index in [9.17, 15) is 0 Å². The predicted octanol–water partition coefficient (Wildman–Crippen LogP) is 8.48. The largest absolute Gasteiger partial charge is 0.347 e. The first-order chi connectivity index (χ1) is 12.3. The molecule has 0 aliphatic heterocycles. The Labute approximate surface area is 157 Å². The molecule has 0 saturated heterocycles. The van der Waals surface area contributed by atoms with Gasteiger partial charge in [0.15, 0.2) is 0 Å². The van der Waals surface area contributed by atoms with Crippen LogP contribution in [0.4, 0.5) is 0 Å². The minimum absolute atomic E-state index is 0.563. The number of unbranched alkanes of at least 4 members (excludes halogenated alkanes) is 11. The summed E-state index contributed by atoms with van der Waals surface area (Å²) in [6.45, 7) is 6.90. The van der Waals surface area contributed by atoms with Crippen LogP contribution in [0.25, 0.3) is 0 Å². The fraction of sp³-hybridized carbons (Fsp3) is 0.750. The lowest BCUT2D eigenvalue weighted by Gasteiger charge is -2.19. The number of nitrogens with zero attached hydrogens (tertiary/aromatic N) is 1. The van der Waals surface area contributed by atoms with Crippen molar-refractivity contribution < 1.29 is 0 Å². The van der Waals surface area contributed by atoms with Crippen LogP contribution in [0, 0.1) is 0 Å². The van der Waals surface area contributed by atoms with Gasteiger partial charge >= 0.3 is 0 Å². The second kappa shape index (κ2) is 15.3. The minimum Gasteiger partial charge on any atom is -0.347 e. The zero-order chi connectivity index (χ0) is 18.2. The molecule has 1 heterocycles. The topological polar surface area (TPSA) is 4.93 Å². The van der Waals surface area contributed by atoms with Gasteiger partial charge in [0.1, 0.15) is 0 Å². The Morgan fingerprint density at radius 2 is 1.28 bits per heavy atom. The second-order valence-electron chi connectivity index (χ2n) is 7.71. The summed E-state index contributed by atoms with van der Waals surface area (Å²) in [5.74, 6) is 0. The number of rotatable bonds is 16. The molecule has 0 saturated carbocycles. The Morgan fingerprint density at radius 3 is 1.80 bits per heavy atom. The molecular weight excluding hydrogens is 302 g/mol. The van der Waals surface area contributed by atoms with Crippen LogP contribution < -0.4 is 0 Å². The highest BCUT2D eigenvalue weighted by atomic mass is 15.0. The van der Waals surface area contributed by atoms with Gasteiger partial charge < -0.3 is 4.57 Å². The number of aromatic nitrogens is 1. The van der Waals surface area contributed by atoms with E-state index in [1.165, 1.54) is 89.9 Å². The number of hydrogen-bond acceptors (Lipinski definition) is 0. The summed E-state index contributed by atoms with van der Waals surface area (Å²) in [4.78, 5) is 0. The molecule has 1 heteroatoms. The molecule has 1 atom stereocenters. The van der Waals surface area contributed by atoms with Gasteiger partial charge in [0.05, 0.1) is 6.04 Å². The summed E-state index contributed by atoms with van der Waals surface area (Å²) in [5, 5.41) is 0. The van der Waals surface area contributed by atoms with Crippen LogP contribution in [0.5, 0.6) is 0 Å². The van der Waals surface area contributed by atoms with E-state index in [1.807, 2.05) is 0 Å². The average Bonchev–Trinajstić information content (AvgIpc) is 3.14. The smallest absolute Gasteiger partial charge is 0.0537 e. The highest BCUT2D eigenvalue weighted by Gasteiger charge is 2.10. The van der Waals surface area contributed by atoms with Crippen LogP contribution in [0.2, 0.25) is 0 Å². The van der Waals surface area contributed by atoms with E-state index in [0.717, 1.165) is 0 Å². The first-order valence-corrected chi connectivity index (χ1v) is 11.1. The van der Waals surface area contributed by atoms with Gasteiger partial charge in [-0.3, -0.25) is 0 Å². The third kappa shape index (κ3) is 10.6. The first-order valence-electron chi connectivity index (χ1n) is 11.1. The Kier molecular flexibility index (Phi) is 13.5. The summed E-state index contributed by atoms with van der Waals surface area (Å²) >= 11 is 0. The lowest BCUT2D eigenvalue weighted by molar-refractivity contribution is 0.521. The summed E-state index contributed by atoms with van der Waals surface area (Å²) in [6, 6.07) is 4.84. The van der Waals surface area contributed by atoms with E-state index in [2.05, 4.69) is 55.9 Å². The fourth-order valence-corrected chi connectivity index (χ4v) is 3.72. The minimum atomic E-state index is 0.563. The van der Waals surface area contributed by atoms with Gasteiger partial charge in [-0.25, -0.2) is 0 Å². The molecule has 1 aromatic heterocycles. The third-order valence-electron chi connectivity index (χ3n) is 5.35. The number of allylic oxidation sites excluding steroid dienone is 2. The van der Waals surface area contributed by atoms with Crippen molar-refractivity contribution in [2.45, 2.75) is 117 Å². The summed E-state index contributed by atoms with van der Waals surface area (Å²) in [7, 11) is 0. The van der Waals surface area contributed by atoms with Gasteiger partial charge in [0.2, 0.25) is 0 Å². The van der Waals surface area contributed by atoms with Gasteiger partial charge in [-0.05, 0) is 38.3 Å². The molecular formula is C24H43N. The van der Waals surface area contributed by atoms with Crippen LogP contribution in [0.1, 0.15) is 117 Å². The van der Waals surface area contributed by atoms with Crippen LogP contribution in [-0.2, 0) is 0 Å². The first kappa shape index (κ1) is 22.1. The van der Waals surface area contributed by atoms with Gasteiger partial charge in [-0.1, -0.05) is 96.1 Å². The molecule has 0 amide bonds. The molecule has 0 aliphatic rings. The maximum absolute atomic E-state index is 2.49. The fourth-order valence-electron chi connectivity index (χ4n) is 3.72. The zero-order valence-corrected chi connectivity index (χ0v) is 17.3. The Hall–Kier alpha value is -0.980. The molecule has 0 aromatic carbocycles. The second-order valence-corrected chi connectivity index (χ2v) is 7.71. The third-order valence-corrected chi connectivity index (χ3v) is 5.35. The van der Waals surface area contributed by atoms with Gasteiger partial charge in [-0.15, -0.1) is 0 Å². The predicted molar refractivity (Wildman–Crippen MR) is 113 cm³/mol. The van der Waals surface area contributed by atoms with E-state index in [4.69, 9.17) is 0 Å². The summed E-state index contributed by atoms with van der Waals surface area (Å²) in [6.07, 6.45) is 26.3. The zero-order valence-electron chi connectivity index (χ0n) is 17.3. The lowest BCUT2D eigenvalue weighted by Crippen LogP contribution is -2.08. The van der Waals surface area contributed by atoms with E-state index in [0.29, 0.717) is 6.04 Å². The molecule has 25 heavy (non-hydrogen) atoms. The van der Waals surface area contributed by atoms with Crippen LogP contribution in [0.15, 0.2) is 36.2 Å². The van der Waals surface area contributed by atoms with Crippen molar-refractivity contribution >= 4 is 0 Å². The lowest BCUT2D eigenvalue weighted by atomic mass is 10.0. The van der Waals surface area contributed by atoms with E-state index >= 15 is 0 Å². The quantitative estimate of drug-likeness (QED) is 0.209. The molecule has 0 spiro atoms. The normalized spacial score (nSPS) is 13.3. The summed E-state index contributed by atoms with van der Waals surface area (Å²) in [5.41, 5.74) is 1.55. The van der Waals surface area contributed by atoms with Crippen molar-refractivity contribution in [3.8, 4) is 0 Å². The monoisotopic (exact) mass is 345 g/mol. The maximum atomic E-state index is 2.49. The van der Waals surface area contributed by atoms with Gasteiger partial charge in [0, 0.05) is 12.4 Å². The molecule has 0 N–H and O–H groups in total. The molecule has 1 nitrogen and oxygen atoms in total. The SMILES string of the molecule is CCCCCCCCCCCCCC=C(C)C(CCC)n1cccc1. The number of hydrogen-bond donors (Lipinski definition) is 0. The summed E-state index contributed by atoms with van der Waals surface area (Å²) < 4.78 is 2.37. The van der Waals surface area contributed by atoms with Crippen molar-refractivity contribution in [3.05, 3.63) is 36.2 Å². The molecule has 0 fully saturated rings. The Morgan fingerprint density at radius 1 is 0.760 bits per heavy atom. The highest BCUT2D eigenvalue weighted by molar-refractivity contribution is 5.09. The van der Waals surface area contributed by atoms with E-state index in [-0.39, 0.29) is 0 Å². The average molecular weight is 346 g/mol. The highest BCUT2D eigenvalue weighted by Crippen LogP contribution is 2.24. The van der Waals surface area contributed by atoms with Gasteiger partial charge in [0.25, 0.3) is 0 Å². The van der Waals surface area contributed by atoms with E-state index < -0.39 is 0 Å². The standard InChI is InChI=1S/C24H43N/c1-4-6-7-8-9-10-11-12-13-14-15-16-20-23(3)24(19-5-2)25-21-17-18-22-25/h17-18,20-22,24H,4-16,19H2,1-3H3. The molecule has 0 radical (unpaired) electrons. The van der Waals surface area contributed by atoms with Crippen LogP contribution in [0.3, 0.4) is 0 Å². The van der Waals surface area contributed by atoms with Crippen molar-refractivity contribution in [1.29, 1.82) is 0 Å². The van der Waals surface area contributed by atoms with Crippen molar-refractivity contribution in [2.75, 3.05) is 0 Å². The molecule has 0 bridgehead atoms. The molecule has 1 aromatic rings. The van der Waals surface area contributed by atoms with Crippen molar-refractivity contribution in [2.24, 2.45) is 0 Å². The van der Waals surface area contributed by atoms with E-state index in [1.54, 1.807) is 5.57 Å². The van der Waals surface area contributed by atoms with Crippen LogP contribution >= 0.6 is 0 Å². The Bertz CT molecular complexity index is 415. The molecule has 1 unspecified atom stereocenters. The molecule has 144 valence electrons. The molecule has 0 aliphatic carbocycles. The molecule has 1 rings (SSSR count).